The zero-order chi connectivity index (χ0) is 17.2. The Kier molecular flexibility index (Phi) is 7.85. The maximum atomic E-state index is 5.96. The van der Waals surface area contributed by atoms with E-state index in [1.165, 1.54) is 0 Å². The van der Waals surface area contributed by atoms with Gasteiger partial charge in [-0.05, 0) is 12.0 Å². The summed E-state index contributed by atoms with van der Waals surface area (Å²) in [4.78, 5) is 6.76. The van der Waals surface area contributed by atoms with Crippen molar-refractivity contribution in [1.29, 1.82) is 0 Å². The van der Waals surface area contributed by atoms with Crippen LogP contribution < -0.4 is 15.8 Å². The van der Waals surface area contributed by atoms with Gasteiger partial charge >= 0.3 is 0 Å². The number of hydrogen-bond donors (Lipinski definition) is 2. The zero-order valence-corrected chi connectivity index (χ0v) is 14.8. The monoisotopic (exact) mass is 334 g/mol. The van der Waals surface area contributed by atoms with E-state index in [9.17, 15) is 0 Å². The van der Waals surface area contributed by atoms with Crippen LogP contribution in [0.3, 0.4) is 0 Å². The largest absolute Gasteiger partial charge is 0.492 e. The average molecular weight is 334 g/mol. The van der Waals surface area contributed by atoms with Crippen LogP contribution in [0, 0.1) is 5.92 Å². The van der Waals surface area contributed by atoms with Gasteiger partial charge in [-0.15, -0.1) is 0 Å². The number of aliphatic imine (C=N–C) groups is 1. The van der Waals surface area contributed by atoms with Crippen molar-refractivity contribution in [1.82, 2.24) is 10.2 Å². The molecule has 1 aliphatic heterocycles. The molecule has 0 amide bonds. The molecule has 2 rings (SSSR count). The second kappa shape index (κ2) is 10.2. The van der Waals surface area contributed by atoms with Gasteiger partial charge in [-0.2, -0.15) is 0 Å². The predicted octanol–water partition coefficient (Wildman–Crippen LogP) is 1.46. The fourth-order valence-electron chi connectivity index (χ4n) is 2.42. The van der Waals surface area contributed by atoms with E-state index < -0.39 is 0 Å². The number of ether oxygens (including phenoxy) is 2. The first-order valence-electron chi connectivity index (χ1n) is 8.69. The van der Waals surface area contributed by atoms with Gasteiger partial charge in [0.1, 0.15) is 12.4 Å². The van der Waals surface area contributed by atoms with Gasteiger partial charge < -0.3 is 20.5 Å². The van der Waals surface area contributed by atoms with Crippen LogP contribution in [0.15, 0.2) is 29.3 Å². The lowest BCUT2D eigenvalue weighted by atomic mass is 10.2. The molecule has 1 saturated heterocycles. The predicted molar refractivity (Wildman–Crippen MR) is 97.4 cm³/mol. The number of benzene rings is 1. The number of nitrogens with one attached hydrogen (secondary N) is 1. The maximum absolute atomic E-state index is 5.96. The fraction of sp³-hybridized carbons (Fsp3) is 0.611. The summed E-state index contributed by atoms with van der Waals surface area (Å²) >= 11 is 0. The van der Waals surface area contributed by atoms with E-state index in [0.717, 1.165) is 50.7 Å². The van der Waals surface area contributed by atoms with E-state index in [4.69, 9.17) is 15.2 Å². The number of guanidine groups is 1. The molecule has 24 heavy (non-hydrogen) atoms. The Morgan fingerprint density at radius 2 is 2.08 bits per heavy atom. The van der Waals surface area contributed by atoms with Crippen LogP contribution in [0.2, 0.25) is 0 Å². The first-order valence-corrected chi connectivity index (χ1v) is 8.69. The number of morpholine rings is 1. The Hall–Kier alpha value is -1.79. The molecule has 1 aliphatic rings. The topological polar surface area (TPSA) is 72.1 Å². The molecular weight excluding hydrogens is 304 g/mol. The van der Waals surface area contributed by atoms with Crippen LogP contribution in [-0.4, -0.2) is 56.9 Å². The third kappa shape index (κ3) is 6.76. The summed E-state index contributed by atoms with van der Waals surface area (Å²) in [6.07, 6.45) is 0. The normalized spacial score (nSPS) is 16.4. The van der Waals surface area contributed by atoms with Crippen molar-refractivity contribution in [2.24, 2.45) is 16.6 Å². The Morgan fingerprint density at radius 3 is 2.83 bits per heavy atom. The minimum Gasteiger partial charge on any atom is -0.492 e. The van der Waals surface area contributed by atoms with Crippen molar-refractivity contribution in [2.45, 2.75) is 20.4 Å². The van der Waals surface area contributed by atoms with Crippen molar-refractivity contribution >= 4 is 5.96 Å². The zero-order valence-electron chi connectivity index (χ0n) is 14.8. The van der Waals surface area contributed by atoms with Crippen molar-refractivity contribution in [3.8, 4) is 5.75 Å². The first kappa shape index (κ1) is 18.5. The smallest absolute Gasteiger partial charge is 0.188 e. The molecule has 1 fully saturated rings. The Bertz CT molecular complexity index is 513. The molecule has 6 nitrogen and oxygen atoms in total. The average Bonchev–Trinajstić information content (AvgIpc) is 2.60. The minimum atomic E-state index is 0.479. The van der Waals surface area contributed by atoms with Crippen LogP contribution in [0.4, 0.5) is 0 Å². The van der Waals surface area contributed by atoms with Gasteiger partial charge in [0.05, 0.1) is 19.8 Å². The molecule has 1 aromatic carbocycles. The van der Waals surface area contributed by atoms with E-state index in [1.807, 2.05) is 24.3 Å². The molecule has 6 heteroatoms. The Balaban J connectivity index is 1.81. The summed E-state index contributed by atoms with van der Waals surface area (Å²) in [5.74, 6) is 1.90. The molecule has 0 bridgehead atoms. The van der Waals surface area contributed by atoms with E-state index in [0.29, 0.717) is 25.0 Å². The van der Waals surface area contributed by atoms with Gasteiger partial charge in [0.15, 0.2) is 5.96 Å². The highest BCUT2D eigenvalue weighted by Gasteiger charge is 2.10. The third-order valence-corrected chi connectivity index (χ3v) is 3.85. The summed E-state index contributed by atoms with van der Waals surface area (Å²) in [6, 6.07) is 8.00. The van der Waals surface area contributed by atoms with Crippen molar-refractivity contribution < 1.29 is 9.47 Å². The van der Waals surface area contributed by atoms with Crippen LogP contribution in [0.1, 0.15) is 19.4 Å². The van der Waals surface area contributed by atoms with Gasteiger partial charge in [-0.3, -0.25) is 4.90 Å². The number of nitrogens with two attached hydrogens (primary N) is 1. The molecule has 134 valence electrons. The number of rotatable bonds is 8. The van der Waals surface area contributed by atoms with Crippen molar-refractivity contribution in [3.05, 3.63) is 29.8 Å². The molecule has 0 radical (unpaired) electrons. The third-order valence-electron chi connectivity index (χ3n) is 3.85. The van der Waals surface area contributed by atoms with E-state index in [2.05, 4.69) is 29.1 Å². The lowest BCUT2D eigenvalue weighted by molar-refractivity contribution is 0.0322. The Morgan fingerprint density at radius 1 is 1.33 bits per heavy atom. The van der Waals surface area contributed by atoms with Gasteiger partial charge in [0, 0.05) is 31.7 Å². The number of nitrogens with zero attached hydrogens (tertiary/aromatic N) is 2. The molecule has 0 aliphatic carbocycles. The lowest BCUT2D eigenvalue weighted by Gasteiger charge is -2.26. The highest BCUT2D eigenvalue weighted by molar-refractivity contribution is 5.77. The standard InChI is InChI=1S/C18H30N4O2/c1-15(2)13-20-18(19)21-14-16-5-3-4-6-17(16)24-12-9-22-7-10-23-11-8-22/h3-6,15H,7-14H2,1-2H3,(H3,19,20,21). The van der Waals surface area contributed by atoms with E-state index in [1.54, 1.807) is 0 Å². The van der Waals surface area contributed by atoms with E-state index >= 15 is 0 Å². The second-order valence-electron chi connectivity index (χ2n) is 6.39. The van der Waals surface area contributed by atoms with Crippen LogP contribution in [0.25, 0.3) is 0 Å². The maximum Gasteiger partial charge on any atom is 0.188 e. The molecule has 0 unspecified atom stereocenters. The Labute approximate surface area is 145 Å². The quantitative estimate of drug-likeness (QED) is 0.556. The SMILES string of the molecule is CC(C)CNC(N)=NCc1ccccc1OCCN1CCOCC1. The summed E-state index contributed by atoms with van der Waals surface area (Å²) in [5, 5.41) is 3.13. The second-order valence-corrected chi connectivity index (χ2v) is 6.39. The summed E-state index contributed by atoms with van der Waals surface area (Å²) in [5.41, 5.74) is 6.95. The number of para-hydroxylation sites is 1. The highest BCUT2D eigenvalue weighted by Crippen LogP contribution is 2.18. The molecule has 3 N–H and O–H groups in total. The van der Waals surface area contributed by atoms with Crippen LogP contribution in [-0.2, 0) is 11.3 Å². The van der Waals surface area contributed by atoms with Gasteiger partial charge in [0.25, 0.3) is 0 Å². The molecule has 0 saturated carbocycles. The number of hydrogen-bond acceptors (Lipinski definition) is 4. The van der Waals surface area contributed by atoms with Crippen molar-refractivity contribution in [3.63, 3.8) is 0 Å². The van der Waals surface area contributed by atoms with Gasteiger partial charge in [0.2, 0.25) is 0 Å². The van der Waals surface area contributed by atoms with Crippen molar-refractivity contribution in [2.75, 3.05) is 46.0 Å². The minimum absolute atomic E-state index is 0.479. The fourth-order valence-corrected chi connectivity index (χ4v) is 2.42. The molecule has 0 atom stereocenters. The highest BCUT2D eigenvalue weighted by atomic mass is 16.5. The molecular formula is C18H30N4O2. The first-order chi connectivity index (χ1) is 11.6. The summed E-state index contributed by atoms with van der Waals surface area (Å²) in [6.45, 7) is 10.8. The van der Waals surface area contributed by atoms with Gasteiger partial charge in [-0.25, -0.2) is 4.99 Å². The summed E-state index contributed by atoms with van der Waals surface area (Å²) in [7, 11) is 0. The van der Waals surface area contributed by atoms with Gasteiger partial charge in [-0.1, -0.05) is 32.0 Å². The molecule has 1 heterocycles. The lowest BCUT2D eigenvalue weighted by Crippen LogP contribution is -2.38. The van der Waals surface area contributed by atoms with Crippen LogP contribution >= 0.6 is 0 Å². The molecule has 0 aromatic heterocycles. The summed E-state index contributed by atoms with van der Waals surface area (Å²) < 4.78 is 11.3. The van der Waals surface area contributed by atoms with Crippen LogP contribution in [0.5, 0.6) is 5.75 Å². The molecule has 1 aromatic rings. The van der Waals surface area contributed by atoms with E-state index in [-0.39, 0.29) is 0 Å². The molecule has 0 spiro atoms.